The Morgan fingerprint density at radius 1 is 1.47 bits per heavy atom. The molecule has 2 N–H and O–H groups in total. The van der Waals surface area contributed by atoms with Crippen LogP contribution in [-0.4, -0.2) is 55.0 Å². The molecule has 0 aromatic carbocycles. The number of thioether (sulfide) groups is 1. The molecule has 0 saturated heterocycles. The maximum absolute atomic E-state index is 11.4. The lowest BCUT2D eigenvalue weighted by atomic mass is 10.4. The summed E-state index contributed by atoms with van der Waals surface area (Å²) in [5, 5.41) is -0.198. The second-order valence-electron chi connectivity index (χ2n) is 3.34. The minimum atomic E-state index is -0.669. The number of nitrogens with zero attached hydrogens (tertiary/aromatic N) is 1. The quantitative estimate of drug-likeness (QED) is 0.661. The molecule has 88 valence electrons. The summed E-state index contributed by atoms with van der Waals surface area (Å²) in [6, 6.07) is -0.669. The first-order valence-electron chi connectivity index (χ1n) is 4.56. The smallest absolute Gasteiger partial charge is 0.323 e. The maximum Gasteiger partial charge on any atom is 0.323 e. The Kier molecular flexibility index (Phi) is 6.35. The minimum Gasteiger partial charge on any atom is -0.468 e. The molecule has 2 atom stereocenters. The van der Waals surface area contributed by atoms with Crippen LogP contribution in [0.15, 0.2) is 0 Å². The van der Waals surface area contributed by atoms with E-state index in [1.54, 1.807) is 21.0 Å². The maximum atomic E-state index is 11.4. The summed E-state index contributed by atoms with van der Waals surface area (Å²) in [6.07, 6.45) is 0. The lowest BCUT2D eigenvalue weighted by Gasteiger charge is -2.17. The van der Waals surface area contributed by atoms with Gasteiger partial charge in [-0.2, -0.15) is 0 Å². The van der Waals surface area contributed by atoms with Crippen molar-refractivity contribution in [3.8, 4) is 0 Å². The number of nitrogens with two attached hydrogens (primary N) is 1. The van der Waals surface area contributed by atoms with Crippen LogP contribution in [0, 0.1) is 0 Å². The molecule has 0 aliphatic heterocycles. The van der Waals surface area contributed by atoms with Gasteiger partial charge in [0.1, 0.15) is 6.04 Å². The zero-order chi connectivity index (χ0) is 12.0. The number of ether oxygens (including phenoxy) is 1. The van der Waals surface area contributed by atoms with Gasteiger partial charge in [0.05, 0.1) is 12.4 Å². The van der Waals surface area contributed by atoms with E-state index < -0.39 is 12.0 Å². The number of rotatable bonds is 5. The van der Waals surface area contributed by atoms with E-state index in [0.717, 1.165) is 0 Å². The third-order valence-electron chi connectivity index (χ3n) is 1.82. The molecule has 0 aliphatic rings. The van der Waals surface area contributed by atoms with E-state index in [4.69, 9.17) is 5.73 Å². The van der Waals surface area contributed by atoms with E-state index >= 15 is 0 Å². The number of amides is 1. The van der Waals surface area contributed by atoms with Crippen molar-refractivity contribution in [2.24, 2.45) is 5.73 Å². The lowest BCUT2D eigenvalue weighted by Crippen LogP contribution is -2.36. The van der Waals surface area contributed by atoms with Crippen LogP contribution in [0.25, 0.3) is 0 Å². The molecular formula is C9H18N2O3S. The number of esters is 1. The van der Waals surface area contributed by atoms with Crippen molar-refractivity contribution < 1.29 is 14.3 Å². The highest BCUT2D eigenvalue weighted by atomic mass is 32.2. The lowest BCUT2D eigenvalue weighted by molar-refractivity contribution is -0.141. The molecule has 2 unspecified atom stereocenters. The first-order chi connectivity index (χ1) is 6.90. The van der Waals surface area contributed by atoms with E-state index in [2.05, 4.69) is 4.74 Å². The molecular weight excluding hydrogens is 216 g/mol. The van der Waals surface area contributed by atoms with Crippen molar-refractivity contribution in [3.63, 3.8) is 0 Å². The molecule has 0 saturated carbocycles. The van der Waals surface area contributed by atoms with Gasteiger partial charge < -0.3 is 15.4 Å². The molecule has 0 aromatic heterocycles. The topological polar surface area (TPSA) is 72.6 Å². The summed E-state index contributed by atoms with van der Waals surface area (Å²) in [4.78, 5) is 23.9. The van der Waals surface area contributed by atoms with Crippen molar-refractivity contribution in [1.29, 1.82) is 0 Å². The molecule has 5 nitrogen and oxygen atoms in total. The summed E-state index contributed by atoms with van der Waals surface area (Å²) in [5.41, 5.74) is 5.53. The number of carbonyl (C=O) groups is 2. The minimum absolute atomic E-state index is 0.0112. The van der Waals surface area contributed by atoms with Crippen molar-refractivity contribution >= 4 is 23.6 Å². The van der Waals surface area contributed by atoms with Crippen LogP contribution >= 0.6 is 11.8 Å². The molecule has 0 bridgehead atoms. The van der Waals surface area contributed by atoms with E-state index in [1.165, 1.54) is 23.8 Å². The number of carbonyl (C=O) groups excluding carboxylic acids is 2. The van der Waals surface area contributed by atoms with Crippen molar-refractivity contribution in [2.45, 2.75) is 18.2 Å². The number of methoxy groups -OCH3 is 1. The molecule has 0 spiro atoms. The van der Waals surface area contributed by atoms with Crippen LogP contribution < -0.4 is 5.73 Å². The van der Waals surface area contributed by atoms with Crippen LogP contribution in [0.2, 0.25) is 0 Å². The average molecular weight is 234 g/mol. The van der Waals surface area contributed by atoms with Crippen LogP contribution in [0.4, 0.5) is 0 Å². The summed E-state index contributed by atoms with van der Waals surface area (Å²) in [5.74, 6) is -0.0583. The van der Waals surface area contributed by atoms with E-state index in [1.807, 2.05) is 0 Å². The van der Waals surface area contributed by atoms with Crippen LogP contribution in [0.1, 0.15) is 6.92 Å². The Morgan fingerprint density at radius 3 is 2.40 bits per heavy atom. The van der Waals surface area contributed by atoms with Gasteiger partial charge in [0.2, 0.25) is 5.91 Å². The van der Waals surface area contributed by atoms with Crippen LogP contribution in [-0.2, 0) is 14.3 Å². The molecule has 0 rings (SSSR count). The fourth-order valence-electron chi connectivity index (χ4n) is 0.902. The van der Waals surface area contributed by atoms with Gasteiger partial charge in [-0.05, 0) is 6.92 Å². The summed E-state index contributed by atoms with van der Waals surface area (Å²) in [7, 11) is 4.68. The molecule has 1 amide bonds. The van der Waals surface area contributed by atoms with Crippen molar-refractivity contribution in [1.82, 2.24) is 4.90 Å². The Bertz CT molecular complexity index is 233. The van der Waals surface area contributed by atoms with Gasteiger partial charge >= 0.3 is 5.97 Å². The monoisotopic (exact) mass is 234 g/mol. The van der Waals surface area contributed by atoms with Gasteiger partial charge in [-0.3, -0.25) is 9.59 Å². The summed E-state index contributed by atoms with van der Waals surface area (Å²) >= 11 is 1.35. The van der Waals surface area contributed by atoms with Gasteiger partial charge in [-0.1, -0.05) is 0 Å². The van der Waals surface area contributed by atoms with E-state index in [0.29, 0.717) is 5.75 Å². The molecule has 6 heteroatoms. The highest BCUT2D eigenvalue weighted by Gasteiger charge is 2.19. The molecule has 0 aromatic rings. The summed E-state index contributed by atoms with van der Waals surface area (Å²) in [6.45, 7) is 1.79. The number of hydrogen-bond acceptors (Lipinski definition) is 5. The first-order valence-corrected chi connectivity index (χ1v) is 5.61. The second kappa shape index (κ2) is 6.68. The van der Waals surface area contributed by atoms with Gasteiger partial charge in [-0.25, -0.2) is 0 Å². The SMILES string of the molecule is COC(=O)C(N)CSC(C)C(=O)N(C)C. The fourth-order valence-corrected chi connectivity index (χ4v) is 1.89. The Balaban J connectivity index is 3.95. The zero-order valence-corrected chi connectivity index (χ0v) is 10.3. The summed E-state index contributed by atoms with van der Waals surface area (Å²) < 4.78 is 4.48. The fraction of sp³-hybridized carbons (Fsp3) is 0.778. The highest BCUT2D eigenvalue weighted by Crippen LogP contribution is 2.13. The third-order valence-corrected chi connectivity index (χ3v) is 3.07. The standard InChI is InChI=1S/C9H18N2O3S/c1-6(8(12)11(2)3)15-5-7(10)9(13)14-4/h6-7H,5,10H2,1-4H3. The Morgan fingerprint density at radius 2 is 2.00 bits per heavy atom. The Hall–Kier alpha value is -0.750. The van der Waals surface area contributed by atoms with Crippen LogP contribution in [0.3, 0.4) is 0 Å². The molecule has 0 radical (unpaired) electrons. The highest BCUT2D eigenvalue weighted by molar-refractivity contribution is 8.00. The molecule has 0 fully saturated rings. The van der Waals surface area contributed by atoms with Crippen LogP contribution in [0.5, 0.6) is 0 Å². The predicted octanol–water partition coefficient (Wildman–Crippen LogP) is -0.303. The van der Waals surface area contributed by atoms with Gasteiger partial charge in [0.15, 0.2) is 0 Å². The molecule has 15 heavy (non-hydrogen) atoms. The number of hydrogen-bond donors (Lipinski definition) is 1. The average Bonchev–Trinajstić information content (AvgIpc) is 2.22. The van der Waals surface area contributed by atoms with Crippen molar-refractivity contribution in [2.75, 3.05) is 27.0 Å². The van der Waals surface area contributed by atoms with Gasteiger partial charge in [0, 0.05) is 19.8 Å². The second-order valence-corrected chi connectivity index (χ2v) is 4.71. The molecule has 0 heterocycles. The van der Waals surface area contributed by atoms with E-state index in [-0.39, 0.29) is 11.2 Å². The first kappa shape index (κ1) is 14.2. The zero-order valence-electron chi connectivity index (χ0n) is 9.52. The largest absolute Gasteiger partial charge is 0.468 e. The van der Waals surface area contributed by atoms with E-state index in [9.17, 15) is 9.59 Å². The van der Waals surface area contributed by atoms with Crippen molar-refractivity contribution in [3.05, 3.63) is 0 Å². The predicted molar refractivity (Wildman–Crippen MR) is 60.6 cm³/mol. The van der Waals surface area contributed by atoms with Gasteiger partial charge in [-0.15, -0.1) is 11.8 Å². The molecule has 0 aliphatic carbocycles. The Labute approximate surface area is 94.3 Å². The third kappa shape index (κ3) is 5.03. The normalized spacial score (nSPS) is 14.2. The van der Waals surface area contributed by atoms with Gasteiger partial charge in [0.25, 0.3) is 0 Å².